The van der Waals surface area contributed by atoms with Crippen LogP contribution in [0.5, 0.6) is 11.5 Å². The zero-order valence-corrected chi connectivity index (χ0v) is 17.0. The third kappa shape index (κ3) is 4.07. The largest absolute Gasteiger partial charge is 0.423 e. The molecule has 0 bridgehead atoms. The van der Waals surface area contributed by atoms with Gasteiger partial charge in [0.15, 0.2) is 0 Å². The zero-order valence-electron chi connectivity index (χ0n) is 17.0. The summed E-state index contributed by atoms with van der Waals surface area (Å²) in [6, 6.07) is 32.9. The summed E-state index contributed by atoms with van der Waals surface area (Å²) in [5.41, 5.74) is 0.695. The van der Waals surface area contributed by atoms with Crippen molar-refractivity contribution in [3.8, 4) is 11.5 Å². The third-order valence-corrected chi connectivity index (χ3v) is 5.22. The average Bonchev–Trinajstić information content (AvgIpc) is 2.84. The van der Waals surface area contributed by atoms with E-state index in [2.05, 4.69) is 0 Å². The summed E-state index contributed by atoms with van der Waals surface area (Å²) in [4.78, 5) is 25.0. The van der Waals surface area contributed by atoms with Gasteiger partial charge in [-0.15, -0.1) is 0 Å². The predicted octanol–water partition coefficient (Wildman–Crippen LogP) is 6.43. The number of carbonyl (C=O) groups is 2. The van der Waals surface area contributed by atoms with Crippen molar-refractivity contribution in [2.75, 3.05) is 0 Å². The molecule has 0 saturated carbocycles. The Morgan fingerprint density at radius 1 is 0.438 bits per heavy atom. The predicted molar refractivity (Wildman–Crippen MR) is 124 cm³/mol. The van der Waals surface area contributed by atoms with Crippen molar-refractivity contribution in [3.05, 3.63) is 120 Å². The van der Waals surface area contributed by atoms with Crippen molar-refractivity contribution in [2.45, 2.75) is 0 Å². The lowest BCUT2D eigenvalue weighted by Gasteiger charge is -2.08. The molecule has 0 heterocycles. The minimum absolute atomic E-state index is 0.348. The van der Waals surface area contributed by atoms with E-state index in [1.54, 1.807) is 36.4 Å². The minimum Gasteiger partial charge on any atom is -0.423 e. The van der Waals surface area contributed by atoms with E-state index in [0.29, 0.717) is 22.6 Å². The lowest BCUT2D eigenvalue weighted by Crippen LogP contribution is -2.11. The first-order chi connectivity index (χ1) is 15.7. The molecule has 0 N–H and O–H groups in total. The van der Waals surface area contributed by atoms with E-state index in [1.165, 1.54) is 0 Å². The van der Waals surface area contributed by atoms with E-state index in [4.69, 9.17) is 9.47 Å². The van der Waals surface area contributed by atoms with Gasteiger partial charge in [0.1, 0.15) is 11.5 Å². The van der Waals surface area contributed by atoms with E-state index in [-0.39, 0.29) is 0 Å². The highest BCUT2D eigenvalue weighted by molar-refractivity contribution is 5.95. The number of ether oxygens (including phenoxy) is 2. The van der Waals surface area contributed by atoms with Crippen LogP contribution in [0.4, 0.5) is 0 Å². The van der Waals surface area contributed by atoms with Gasteiger partial charge in [-0.1, -0.05) is 60.7 Å². The summed E-state index contributed by atoms with van der Waals surface area (Å²) < 4.78 is 11.0. The number of hydrogen-bond donors (Lipinski definition) is 0. The van der Waals surface area contributed by atoms with Gasteiger partial charge in [-0.2, -0.15) is 0 Å². The molecule has 0 atom stereocenters. The maximum Gasteiger partial charge on any atom is 0.343 e. The van der Waals surface area contributed by atoms with Gasteiger partial charge >= 0.3 is 11.9 Å². The molecule has 0 amide bonds. The van der Waals surface area contributed by atoms with Crippen molar-refractivity contribution in [1.82, 2.24) is 0 Å². The van der Waals surface area contributed by atoms with Crippen LogP contribution in [0.2, 0.25) is 0 Å². The van der Waals surface area contributed by atoms with Crippen LogP contribution in [0.1, 0.15) is 20.7 Å². The van der Waals surface area contributed by atoms with E-state index in [1.807, 2.05) is 72.8 Å². The summed E-state index contributed by atoms with van der Waals surface area (Å²) in [6.07, 6.45) is 0. The molecule has 0 aliphatic rings. The molecule has 0 aromatic heterocycles. The van der Waals surface area contributed by atoms with E-state index < -0.39 is 11.9 Å². The number of fused-ring (bicyclic) bond motifs is 2. The molecule has 32 heavy (non-hydrogen) atoms. The fraction of sp³-hybridized carbons (Fsp3) is 0. The zero-order chi connectivity index (χ0) is 21.9. The maximum absolute atomic E-state index is 12.5. The average molecular weight is 418 g/mol. The van der Waals surface area contributed by atoms with Crippen molar-refractivity contribution >= 4 is 33.5 Å². The molecule has 0 unspecified atom stereocenters. The molecule has 5 rings (SSSR count). The van der Waals surface area contributed by atoms with Crippen molar-refractivity contribution in [3.63, 3.8) is 0 Å². The molecule has 4 heteroatoms. The van der Waals surface area contributed by atoms with E-state index in [9.17, 15) is 9.59 Å². The lowest BCUT2D eigenvalue weighted by atomic mass is 10.1. The van der Waals surface area contributed by atoms with Crippen LogP contribution in [0, 0.1) is 0 Å². The van der Waals surface area contributed by atoms with Crippen LogP contribution in [0.3, 0.4) is 0 Å². The monoisotopic (exact) mass is 418 g/mol. The number of rotatable bonds is 4. The second kappa shape index (κ2) is 8.36. The van der Waals surface area contributed by atoms with Crippen LogP contribution >= 0.6 is 0 Å². The summed E-state index contributed by atoms with van der Waals surface area (Å²) >= 11 is 0. The van der Waals surface area contributed by atoms with Gasteiger partial charge in [-0.25, -0.2) is 9.59 Å². The Morgan fingerprint density at radius 3 is 1.22 bits per heavy atom. The van der Waals surface area contributed by atoms with Crippen molar-refractivity contribution < 1.29 is 19.1 Å². The topological polar surface area (TPSA) is 52.6 Å². The highest BCUT2D eigenvalue weighted by atomic mass is 16.5. The second-order valence-corrected chi connectivity index (χ2v) is 7.37. The van der Waals surface area contributed by atoms with Crippen LogP contribution in [0.15, 0.2) is 109 Å². The highest BCUT2D eigenvalue weighted by Gasteiger charge is 2.13. The Kier molecular flexibility index (Phi) is 5.10. The van der Waals surface area contributed by atoms with Crippen molar-refractivity contribution in [1.29, 1.82) is 0 Å². The normalized spacial score (nSPS) is 10.8. The highest BCUT2D eigenvalue weighted by Crippen LogP contribution is 2.23. The van der Waals surface area contributed by atoms with Gasteiger partial charge in [-0.3, -0.25) is 0 Å². The maximum atomic E-state index is 12.5. The Labute approximate surface area is 184 Å². The SMILES string of the molecule is O=C(Oc1ccc2ccccc2c1)c1ccc(C(=O)Oc2ccc3ccccc3c2)cc1. The Balaban J connectivity index is 1.27. The Hall–Kier alpha value is -4.44. The summed E-state index contributed by atoms with van der Waals surface area (Å²) in [5, 5.41) is 4.12. The van der Waals surface area contributed by atoms with Gasteiger partial charge in [0.25, 0.3) is 0 Å². The molecule has 4 nitrogen and oxygen atoms in total. The molecule has 0 aliphatic carbocycles. The molecule has 0 spiro atoms. The fourth-order valence-corrected chi connectivity index (χ4v) is 3.54. The number of hydrogen-bond acceptors (Lipinski definition) is 4. The molecule has 0 fully saturated rings. The van der Waals surface area contributed by atoms with Gasteiger partial charge in [-0.05, 0) is 70.1 Å². The first-order valence-corrected chi connectivity index (χ1v) is 10.2. The fourth-order valence-electron chi connectivity index (χ4n) is 3.54. The molecular weight excluding hydrogens is 400 g/mol. The summed E-state index contributed by atoms with van der Waals surface area (Å²) in [5.74, 6) is -0.0496. The minimum atomic E-state index is -0.491. The van der Waals surface area contributed by atoms with Crippen LogP contribution < -0.4 is 9.47 Å². The molecule has 5 aromatic rings. The number of esters is 2. The number of benzene rings is 5. The molecule has 0 saturated heterocycles. The van der Waals surface area contributed by atoms with Crippen LogP contribution in [0.25, 0.3) is 21.5 Å². The quantitative estimate of drug-likeness (QED) is 0.249. The van der Waals surface area contributed by atoms with Gasteiger partial charge in [0.05, 0.1) is 11.1 Å². The summed E-state index contributed by atoms with van der Waals surface area (Å²) in [7, 11) is 0. The van der Waals surface area contributed by atoms with Gasteiger partial charge in [0.2, 0.25) is 0 Å². The van der Waals surface area contributed by atoms with Crippen LogP contribution in [-0.2, 0) is 0 Å². The van der Waals surface area contributed by atoms with E-state index in [0.717, 1.165) is 21.5 Å². The van der Waals surface area contributed by atoms with Gasteiger partial charge in [0, 0.05) is 0 Å². The molecule has 5 aromatic carbocycles. The van der Waals surface area contributed by atoms with E-state index >= 15 is 0 Å². The summed E-state index contributed by atoms with van der Waals surface area (Å²) in [6.45, 7) is 0. The first kappa shape index (κ1) is 19.5. The Bertz CT molecular complexity index is 1340. The van der Waals surface area contributed by atoms with Crippen molar-refractivity contribution in [2.24, 2.45) is 0 Å². The third-order valence-electron chi connectivity index (χ3n) is 5.22. The first-order valence-electron chi connectivity index (χ1n) is 10.2. The molecular formula is C28H18O4. The Morgan fingerprint density at radius 2 is 0.812 bits per heavy atom. The molecule has 154 valence electrons. The molecule has 0 radical (unpaired) electrons. The second-order valence-electron chi connectivity index (χ2n) is 7.37. The number of carbonyl (C=O) groups excluding carboxylic acids is 2. The lowest BCUT2D eigenvalue weighted by molar-refractivity contribution is 0.0720. The van der Waals surface area contributed by atoms with Crippen LogP contribution in [-0.4, -0.2) is 11.9 Å². The van der Waals surface area contributed by atoms with Gasteiger partial charge < -0.3 is 9.47 Å². The smallest absolute Gasteiger partial charge is 0.343 e. The standard InChI is InChI=1S/C28H18O4/c29-27(31-25-15-13-19-5-1-3-7-23(19)17-25)21-9-11-22(12-10-21)28(30)32-26-16-14-20-6-2-4-8-24(20)18-26/h1-18H. The molecule has 0 aliphatic heterocycles.